The molecule has 5 nitrogen and oxygen atoms in total. The van der Waals surface area contributed by atoms with Gasteiger partial charge in [-0.1, -0.05) is 0 Å². The van der Waals surface area contributed by atoms with Crippen LogP contribution in [0.5, 0.6) is 11.5 Å². The lowest BCUT2D eigenvalue weighted by Gasteiger charge is -2.33. The summed E-state index contributed by atoms with van der Waals surface area (Å²) in [6.45, 7) is 11.1. The number of carbonyl (C=O) groups is 2. The summed E-state index contributed by atoms with van der Waals surface area (Å²) in [7, 11) is 1.51. The Morgan fingerprint density at radius 3 is 2.00 bits per heavy atom. The Hall–Kier alpha value is -2.04. The molecule has 0 fully saturated rings. The van der Waals surface area contributed by atoms with E-state index in [0.717, 1.165) is 0 Å². The molecule has 0 N–H and O–H groups in total. The molecular formula is C18H27NO4. The van der Waals surface area contributed by atoms with Crippen molar-refractivity contribution in [2.75, 3.05) is 7.11 Å². The van der Waals surface area contributed by atoms with Crippen LogP contribution < -0.4 is 9.47 Å². The lowest BCUT2D eigenvalue weighted by Crippen LogP contribution is -2.48. The summed E-state index contributed by atoms with van der Waals surface area (Å²) in [5.74, 6) is 0.765. The van der Waals surface area contributed by atoms with Gasteiger partial charge in [0.15, 0.2) is 23.4 Å². The predicted octanol–water partition coefficient (Wildman–Crippen LogP) is 3.31. The molecule has 5 heteroatoms. The van der Waals surface area contributed by atoms with E-state index in [1.807, 2.05) is 27.7 Å². The zero-order chi connectivity index (χ0) is 17.7. The van der Waals surface area contributed by atoms with Gasteiger partial charge in [-0.2, -0.15) is 0 Å². The van der Waals surface area contributed by atoms with Crippen molar-refractivity contribution < 1.29 is 19.1 Å². The summed E-state index contributed by atoms with van der Waals surface area (Å²) >= 11 is 0. The highest BCUT2D eigenvalue weighted by Gasteiger charge is 2.27. The van der Waals surface area contributed by atoms with Crippen LogP contribution in [0.2, 0.25) is 0 Å². The molecule has 1 amide bonds. The van der Waals surface area contributed by atoms with E-state index in [9.17, 15) is 9.59 Å². The summed E-state index contributed by atoms with van der Waals surface area (Å²) in [4.78, 5) is 25.8. The third-order valence-electron chi connectivity index (χ3n) is 3.59. The molecule has 0 heterocycles. The van der Waals surface area contributed by atoms with Crippen molar-refractivity contribution in [2.45, 2.75) is 59.7 Å². The third-order valence-corrected chi connectivity index (χ3v) is 3.59. The van der Waals surface area contributed by atoms with E-state index in [0.29, 0.717) is 17.1 Å². The molecule has 1 atom stereocenters. The maximum Gasteiger partial charge on any atom is 0.263 e. The fourth-order valence-corrected chi connectivity index (χ4v) is 2.54. The van der Waals surface area contributed by atoms with Crippen LogP contribution in [0, 0.1) is 0 Å². The van der Waals surface area contributed by atoms with E-state index >= 15 is 0 Å². The second-order valence-corrected chi connectivity index (χ2v) is 6.11. The molecule has 0 aliphatic heterocycles. The van der Waals surface area contributed by atoms with Crippen LogP contribution in [-0.4, -0.2) is 41.9 Å². The minimum atomic E-state index is -0.642. The molecular weight excluding hydrogens is 294 g/mol. The molecule has 23 heavy (non-hydrogen) atoms. The van der Waals surface area contributed by atoms with E-state index in [1.165, 1.54) is 14.0 Å². The number of Topliss-reactive ketones (excluding diaryl/α,β-unsaturated/α-hetero) is 1. The summed E-state index contributed by atoms with van der Waals surface area (Å²) < 4.78 is 11.1. The molecule has 1 aromatic carbocycles. The Morgan fingerprint density at radius 2 is 1.57 bits per heavy atom. The molecule has 128 valence electrons. The average molecular weight is 321 g/mol. The van der Waals surface area contributed by atoms with E-state index in [-0.39, 0.29) is 23.8 Å². The molecule has 1 aromatic rings. The molecule has 0 radical (unpaired) electrons. The minimum absolute atomic E-state index is 0.0511. The molecule has 0 bridgehead atoms. The molecule has 1 unspecified atom stereocenters. The molecule has 0 aliphatic rings. The third kappa shape index (κ3) is 4.71. The monoisotopic (exact) mass is 321 g/mol. The number of hydrogen-bond acceptors (Lipinski definition) is 4. The first-order chi connectivity index (χ1) is 10.7. The van der Waals surface area contributed by atoms with Gasteiger partial charge in [0.05, 0.1) is 7.11 Å². The van der Waals surface area contributed by atoms with Gasteiger partial charge in [-0.3, -0.25) is 9.59 Å². The highest BCUT2D eigenvalue weighted by atomic mass is 16.5. The Labute approximate surface area is 138 Å². The molecule has 0 saturated heterocycles. The smallest absolute Gasteiger partial charge is 0.263 e. The quantitative estimate of drug-likeness (QED) is 0.723. The largest absolute Gasteiger partial charge is 0.493 e. The molecule has 0 aromatic heterocycles. The minimum Gasteiger partial charge on any atom is -0.493 e. The van der Waals surface area contributed by atoms with Crippen LogP contribution in [0.15, 0.2) is 18.2 Å². The maximum atomic E-state index is 12.6. The van der Waals surface area contributed by atoms with Crippen LogP contribution in [0.25, 0.3) is 0 Å². The number of ketones is 1. The average Bonchev–Trinajstić information content (AvgIpc) is 2.46. The first-order valence-electron chi connectivity index (χ1n) is 7.86. The Morgan fingerprint density at radius 1 is 1.00 bits per heavy atom. The van der Waals surface area contributed by atoms with Crippen molar-refractivity contribution in [3.8, 4) is 11.5 Å². The van der Waals surface area contributed by atoms with Crippen molar-refractivity contribution in [1.29, 1.82) is 0 Å². The topological polar surface area (TPSA) is 55.8 Å². The fraction of sp³-hybridized carbons (Fsp3) is 0.556. The number of amides is 1. The van der Waals surface area contributed by atoms with Crippen LogP contribution in [0.3, 0.4) is 0 Å². The summed E-state index contributed by atoms with van der Waals surface area (Å²) in [6.07, 6.45) is -0.642. The lowest BCUT2D eigenvalue weighted by molar-refractivity contribution is -0.141. The highest BCUT2D eigenvalue weighted by molar-refractivity contribution is 5.94. The van der Waals surface area contributed by atoms with Crippen LogP contribution >= 0.6 is 0 Å². The molecule has 0 aliphatic carbocycles. The normalized spacial score (nSPS) is 12.2. The maximum absolute atomic E-state index is 12.6. The number of rotatable bonds is 7. The fourth-order valence-electron chi connectivity index (χ4n) is 2.54. The van der Waals surface area contributed by atoms with Crippen molar-refractivity contribution in [3.05, 3.63) is 23.8 Å². The number of ether oxygens (including phenoxy) is 2. The predicted molar refractivity (Wildman–Crippen MR) is 90.2 cm³/mol. The second kappa shape index (κ2) is 7.99. The van der Waals surface area contributed by atoms with Gasteiger partial charge in [0, 0.05) is 17.6 Å². The standard InChI is InChI=1S/C18H27NO4/c1-11(2)19(12(3)4)18(21)14(6)23-16-9-8-15(13(5)20)10-17(16)22-7/h8-12,14H,1-7H3. The van der Waals surface area contributed by atoms with Crippen molar-refractivity contribution in [2.24, 2.45) is 0 Å². The number of methoxy groups -OCH3 is 1. The van der Waals surface area contributed by atoms with Gasteiger partial charge in [-0.15, -0.1) is 0 Å². The van der Waals surface area contributed by atoms with E-state index in [2.05, 4.69) is 0 Å². The van der Waals surface area contributed by atoms with Gasteiger partial charge in [0.2, 0.25) is 0 Å². The zero-order valence-corrected chi connectivity index (χ0v) is 15.0. The summed E-state index contributed by atoms with van der Waals surface area (Å²) in [6, 6.07) is 5.14. The van der Waals surface area contributed by atoms with Crippen molar-refractivity contribution >= 4 is 11.7 Å². The van der Waals surface area contributed by atoms with Gasteiger partial charge < -0.3 is 14.4 Å². The zero-order valence-electron chi connectivity index (χ0n) is 15.0. The first kappa shape index (κ1) is 19.0. The van der Waals surface area contributed by atoms with Crippen LogP contribution in [0.4, 0.5) is 0 Å². The van der Waals surface area contributed by atoms with Gasteiger partial charge in [0.1, 0.15) is 0 Å². The summed E-state index contributed by atoms with van der Waals surface area (Å²) in [5.41, 5.74) is 0.541. The van der Waals surface area contributed by atoms with Gasteiger partial charge >= 0.3 is 0 Å². The molecule has 1 rings (SSSR count). The Kier molecular flexibility index (Phi) is 6.61. The van der Waals surface area contributed by atoms with Gasteiger partial charge in [-0.05, 0) is 59.7 Å². The summed E-state index contributed by atoms with van der Waals surface area (Å²) in [5, 5.41) is 0. The first-order valence-corrected chi connectivity index (χ1v) is 7.86. The van der Waals surface area contributed by atoms with E-state index in [1.54, 1.807) is 30.0 Å². The Bertz CT molecular complexity index is 558. The van der Waals surface area contributed by atoms with Gasteiger partial charge in [0.25, 0.3) is 5.91 Å². The second-order valence-electron chi connectivity index (χ2n) is 6.11. The number of benzene rings is 1. The number of carbonyl (C=O) groups excluding carboxylic acids is 2. The Balaban J connectivity index is 2.98. The van der Waals surface area contributed by atoms with Crippen LogP contribution in [0.1, 0.15) is 51.9 Å². The van der Waals surface area contributed by atoms with E-state index in [4.69, 9.17) is 9.47 Å². The lowest BCUT2D eigenvalue weighted by atomic mass is 10.1. The molecule has 0 spiro atoms. The van der Waals surface area contributed by atoms with Crippen molar-refractivity contribution in [1.82, 2.24) is 4.90 Å². The SMILES string of the molecule is COc1cc(C(C)=O)ccc1OC(C)C(=O)N(C(C)C)C(C)C. The van der Waals surface area contributed by atoms with Crippen molar-refractivity contribution in [3.63, 3.8) is 0 Å². The van der Waals surface area contributed by atoms with E-state index < -0.39 is 6.10 Å². The van der Waals surface area contributed by atoms with Gasteiger partial charge in [-0.25, -0.2) is 0 Å². The number of nitrogens with zero attached hydrogens (tertiary/aromatic N) is 1. The highest BCUT2D eigenvalue weighted by Crippen LogP contribution is 2.29. The molecule has 0 saturated carbocycles. The van der Waals surface area contributed by atoms with Crippen LogP contribution in [-0.2, 0) is 4.79 Å². The number of hydrogen-bond donors (Lipinski definition) is 0.